The van der Waals surface area contributed by atoms with Crippen molar-refractivity contribution in [2.45, 2.75) is 71.3 Å². The Hall–Kier alpha value is -2.34. The van der Waals surface area contributed by atoms with E-state index >= 15 is 0 Å². The van der Waals surface area contributed by atoms with E-state index < -0.39 is 0 Å². The molecule has 1 saturated carbocycles. The van der Waals surface area contributed by atoms with Gasteiger partial charge in [-0.3, -0.25) is 9.59 Å². The highest BCUT2D eigenvalue weighted by atomic mass is 35.5. The van der Waals surface area contributed by atoms with Crippen LogP contribution in [0, 0.1) is 12.8 Å². The van der Waals surface area contributed by atoms with Crippen molar-refractivity contribution in [2.75, 3.05) is 13.1 Å². The lowest BCUT2D eigenvalue weighted by Crippen LogP contribution is -2.48. The van der Waals surface area contributed by atoms with Crippen molar-refractivity contribution in [3.05, 3.63) is 46.2 Å². The van der Waals surface area contributed by atoms with Gasteiger partial charge in [-0.2, -0.15) is 5.10 Å². The Bertz CT molecular complexity index is 986. The maximum absolute atomic E-state index is 13.2. The molecule has 7 heteroatoms. The first-order chi connectivity index (χ1) is 15.4. The minimum Gasteiger partial charge on any atom is -0.349 e. The number of nitrogens with zero attached hydrogens (tertiary/aromatic N) is 3. The highest BCUT2D eigenvalue weighted by Gasteiger charge is 2.34. The standard InChI is InChI=1S/C25H33ClN4O2/c1-4-17(5-2)25(32)29-12-10-19(11-13-29)28-24(31)21-15-27-30(23(21)18-7-8-18)20-9-6-16(3)22(26)14-20/h6,9,14-15,17-19H,4-5,7-8,10-13H2,1-3H3,(H,28,31). The van der Waals surface area contributed by atoms with E-state index in [4.69, 9.17) is 11.6 Å². The number of amides is 2. The van der Waals surface area contributed by atoms with E-state index in [1.165, 1.54) is 0 Å². The zero-order valence-corrected chi connectivity index (χ0v) is 20.0. The van der Waals surface area contributed by atoms with Gasteiger partial charge in [-0.05, 0) is 63.1 Å². The van der Waals surface area contributed by atoms with Crippen LogP contribution in [0.3, 0.4) is 0 Å². The summed E-state index contributed by atoms with van der Waals surface area (Å²) in [7, 11) is 0. The van der Waals surface area contributed by atoms with Crippen LogP contribution in [-0.2, 0) is 4.79 Å². The SMILES string of the molecule is CCC(CC)C(=O)N1CCC(NC(=O)c2cnn(-c3ccc(C)c(Cl)c3)c2C2CC2)CC1. The molecule has 0 spiro atoms. The van der Waals surface area contributed by atoms with Gasteiger partial charge in [0.2, 0.25) is 5.91 Å². The molecule has 2 aromatic rings. The van der Waals surface area contributed by atoms with Gasteiger partial charge in [-0.15, -0.1) is 0 Å². The normalized spacial score (nSPS) is 17.1. The van der Waals surface area contributed by atoms with Gasteiger partial charge in [-0.25, -0.2) is 4.68 Å². The lowest BCUT2D eigenvalue weighted by atomic mass is 9.98. The Morgan fingerprint density at radius 2 is 1.84 bits per heavy atom. The molecule has 1 aromatic carbocycles. The molecule has 1 aliphatic heterocycles. The summed E-state index contributed by atoms with van der Waals surface area (Å²) in [6.45, 7) is 7.52. The van der Waals surface area contributed by atoms with Crippen LogP contribution in [0.2, 0.25) is 5.02 Å². The fourth-order valence-corrected chi connectivity index (χ4v) is 4.78. The van der Waals surface area contributed by atoms with Crippen LogP contribution in [0.4, 0.5) is 0 Å². The van der Waals surface area contributed by atoms with Crippen LogP contribution in [0.15, 0.2) is 24.4 Å². The fourth-order valence-electron chi connectivity index (χ4n) is 4.61. The average Bonchev–Trinajstić information content (AvgIpc) is 3.54. The molecule has 2 heterocycles. The maximum atomic E-state index is 13.2. The van der Waals surface area contributed by atoms with Crippen LogP contribution in [0.1, 0.15) is 79.9 Å². The molecule has 1 aromatic heterocycles. The van der Waals surface area contributed by atoms with E-state index in [0.717, 1.165) is 55.5 Å². The van der Waals surface area contributed by atoms with Gasteiger partial charge < -0.3 is 10.2 Å². The van der Waals surface area contributed by atoms with Crippen LogP contribution in [0.25, 0.3) is 5.69 Å². The van der Waals surface area contributed by atoms with Gasteiger partial charge in [0.05, 0.1) is 23.1 Å². The van der Waals surface area contributed by atoms with E-state index in [2.05, 4.69) is 24.3 Å². The van der Waals surface area contributed by atoms with Crippen LogP contribution >= 0.6 is 11.6 Å². The summed E-state index contributed by atoms with van der Waals surface area (Å²) in [5.41, 5.74) is 3.53. The first-order valence-electron chi connectivity index (χ1n) is 11.9. The summed E-state index contributed by atoms with van der Waals surface area (Å²) in [5, 5.41) is 8.45. The van der Waals surface area contributed by atoms with E-state index in [1.54, 1.807) is 6.20 Å². The number of piperidine rings is 1. The molecule has 0 unspecified atom stereocenters. The number of nitrogens with one attached hydrogen (secondary N) is 1. The first kappa shape index (κ1) is 22.8. The highest BCUT2D eigenvalue weighted by Crippen LogP contribution is 2.42. The van der Waals surface area contributed by atoms with Crippen molar-refractivity contribution in [3.63, 3.8) is 0 Å². The van der Waals surface area contributed by atoms with Crippen molar-refractivity contribution in [3.8, 4) is 5.69 Å². The van der Waals surface area contributed by atoms with Gasteiger partial charge >= 0.3 is 0 Å². The Morgan fingerprint density at radius 1 is 1.16 bits per heavy atom. The summed E-state index contributed by atoms with van der Waals surface area (Å²) >= 11 is 6.33. The van der Waals surface area contributed by atoms with Crippen molar-refractivity contribution in [1.82, 2.24) is 20.0 Å². The largest absolute Gasteiger partial charge is 0.349 e. The van der Waals surface area contributed by atoms with Gasteiger partial charge in [0, 0.05) is 36.0 Å². The maximum Gasteiger partial charge on any atom is 0.255 e. The molecule has 1 saturated heterocycles. The van der Waals surface area contributed by atoms with E-state index in [1.807, 2.05) is 34.7 Å². The lowest BCUT2D eigenvalue weighted by molar-refractivity contribution is -0.136. The summed E-state index contributed by atoms with van der Waals surface area (Å²) in [6, 6.07) is 5.96. The molecule has 6 nitrogen and oxygen atoms in total. The Kier molecular flexibility index (Phi) is 6.89. The zero-order chi connectivity index (χ0) is 22.8. The first-order valence-corrected chi connectivity index (χ1v) is 12.2. The zero-order valence-electron chi connectivity index (χ0n) is 19.2. The predicted octanol–water partition coefficient (Wildman–Crippen LogP) is 4.87. The molecule has 32 heavy (non-hydrogen) atoms. The molecule has 1 aliphatic carbocycles. The molecular formula is C25H33ClN4O2. The van der Waals surface area contributed by atoms with Crippen molar-refractivity contribution in [1.29, 1.82) is 0 Å². The van der Waals surface area contributed by atoms with E-state index in [9.17, 15) is 9.59 Å². The van der Waals surface area contributed by atoms with Crippen LogP contribution in [-0.4, -0.2) is 45.6 Å². The molecule has 0 radical (unpaired) electrons. The molecule has 2 amide bonds. The number of benzene rings is 1. The van der Waals surface area contributed by atoms with Crippen LogP contribution in [0.5, 0.6) is 0 Å². The number of aromatic nitrogens is 2. The van der Waals surface area contributed by atoms with Gasteiger partial charge in [-0.1, -0.05) is 31.5 Å². The van der Waals surface area contributed by atoms with Gasteiger partial charge in [0.25, 0.3) is 5.91 Å². The Labute approximate surface area is 195 Å². The highest BCUT2D eigenvalue weighted by molar-refractivity contribution is 6.31. The number of rotatable bonds is 7. The number of carbonyl (C=O) groups is 2. The summed E-state index contributed by atoms with van der Waals surface area (Å²) in [6.07, 6.45) is 7.17. The number of aryl methyl sites for hydroxylation is 1. The molecule has 1 N–H and O–H groups in total. The van der Waals surface area contributed by atoms with E-state index in [0.29, 0.717) is 29.6 Å². The predicted molar refractivity (Wildman–Crippen MR) is 126 cm³/mol. The second-order valence-corrected chi connectivity index (χ2v) is 9.56. The molecule has 0 atom stereocenters. The average molecular weight is 457 g/mol. The second-order valence-electron chi connectivity index (χ2n) is 9.15. The molecular weight excluding hydrogens is 424 g/mol. The monoisotopic (exact) mass is 456 g/mol. The number of likely N-dealkylation sites (tertiary alicyclic amines) is 1. The molecule has 4 rings (SSSR count). The molecule has 172 valence electrons. The molecule has 2 fully saturated rings. The van der Waals surface area contributed by atoms with Crippen molar-refractivity contribution < 1.29 is 9.59 Å². The number of carbonyl (C=O) groups excluding carboxylic acids is 2. The summed E-state index contributed by atoms with van der Waals surface area (Å²) < 4.78 is 1.87. The topological polar surface area (TPSA) is 67.2 Å². The lowest BCUT2D eigenvalue weighted by Gasteiger charge is -2.34. The number of hydrogen-bond acceptors (Lipinski definition) is 3. The van der Waals surface area contributed by atoms with Crippen molar-refractivity contribution in [2.24, 2.45) is 5.92 Å². The van der Waals surface area contributed by atoms with Gasteiger partial charge in [0.15, 0.2) is 0 Å². The van der Waals surface area contributed by atoms with Gasteiger partial charge in [0.1, 0.15) is 0 Å². The number of halogens is 1. The summed E-state index contributed by atoms with van der Waals surface area (Å²) in [4.78, 5) is 27.8. The number of hydrogen-bond donors (Lipinski definition) is 1. The second kappa shape index (κ2) is 9.65. The molecule has 0 bridgehead atoms. The van der Waals surface area contributed by atoms with Crippen molar-refractivity contribution >= 4 is 23.4 Å². The fraction of sp³-hybridized carbons (Fsp3) is 0.560. The third kappa shape index (κ3) is 4.70. The quantitative estimate of drug-likeness (QED) is 0.646. The molecule has 2 aliphatic rings. The minimum atomic E-state index is -0.0684. The summed E-state index contributed by atoms with van der Waals surface area (Å²) in [5.74, 6) is 0.663. The Balaban J connectivity index is 1.44. The minimum absolute atomic E-state index is 0.0684. The smallest absolute Gasteiger partial charge is 0.255 e. The van der Waals surface area contributed by atoms with Crippen LogP contribution < -0.4 is 5.32 Å². The Morgan fingerprint density at radius 3 is 2.44 bits per heavy atom. The third-order valence-corrected chi connectivity index (χ3v) is 7.30. The van der Waals surface area contributed by atoms with E-state index in [-0.39, 0.29) is 23.8 Å². The third-order valence-electron chi connectivity index (χ3n) is 6.89.